The van der Waals surface area contributed by atoms with Gasteiger partial charge in [0.1, 0.15) is 6.33 Å². The van der Waals surface area contributed by atoms with Gasteiger partial charge in [0.05, 0.1) is 23.8 Å². The molecule has 90 valence electrons. The van der Waals surface area contributed by atoms with Gasteiger partial charge in [0.15, 0.2) is 0 Å². The van der Waals surface area contributed by atoms with Gasteiger partial charge in [-0.25, -0.2) is 15.0 Å². The van der Waals surface area contributed by atoms with Crippen LogP contribution in [0.4, 0.5) is 5.95 Å². The molecule has 5 nitrogen and oxygen atoms in total. The Hall–Kier alpha value is -1.91. The highest BCUT2D eigenvalue weighted by molar-refractivity contribution is 5.40. The minimum absolute atomic E-state index is 0.853. The van der Waals surface area contributed by atoms with Gasteiger partial charge in [-0.1, -0.05) is 13.3 Å². The fourth-order valence-corrected chi connectivity index (χ4v) is 1.61. The van der Waals surface area contributed by atoms with Crippen molar-refractivity contribution in [3.05, 3.63) is 30.6 Å². The van der Waals surface area contributed by atoms with Gasteiger partial charge in [0.2, 0.25) is 5.95 Å². The summed E-state index contributed by atoms with van der Waals surface area (Å²) in [4.78, 5) is 12.5. The SMILES string of the molecule is CCCCNc1nc(C)cn1-c1cncnc1. The molecule has 2 rings (SSSR count). The van der Waals surface area contributed by atoms with Crippen molar-refractivity contribution < 1.29 is 0 Å². The van der Waals surface area contributed by atoms with Crippen LogP contribution in [0.3, 0.4) is 0 Å². The van der Waals surface area contributed by atoms with Crippen molar-refractivity contribution in [2.75, 3.05) is 11.9 Å². The Morgan fingerprint density at radius 2 is 2.06 bits per heavy atom. The normalized spacial score (nSPS) is 10.5. The van der Waals surface area contributed by atoms with Crippen LogP contribution in [-0.4, -0.2) is 26.1 Å². The van der Waals surface area contributed by atoms with Gasteiger partial charge in [0, 0.05) is 12.7 Å². The van der Waals surface area contributed by atoms with Crippen molar-refractivity contribution in [3.8, 4) is 5.69 Å². The fraction of sp³-hybridized carbons (Fsp3) is 0.417. The van der Waals surface area contributed by atoms with E-state index in [0.29, 0.717) is 0 Å². The Balaban J connectivity index is 2.22. The summed E-state index contributed by atoms with van der Waals surface area (Å²) in [5.74, 6) is 0.853. The van der Waals surface area contributed by atoms with Crippen molar-refractivity contribution >= 4 is 5.95 Å². The highest BCUT2D eigenvalue weighted by Crippen LogP contribution is 2.14. The summed E-state index contributed by atoms with van der Waals surface area (Å²) < 4.78 is 1.98. The van der Waals surface area contributed by atoms with E-state index < -0.39 is 0 Å². The summed E-state index contributed by atoms with van der Waals surface area (Å²) in [5, 5.41) is 3.33. The molecule has 0 aromatic carbocycles. The fourth-order valence-electron chi connectivity index (χ4n) is 1.61. The summed E-state index contributed by atoms with van der Waals surface area (Å²) >= 11 is 0. The zero-order valence-electron chi connectivity index (χ0n) is 10.2. The van der Waals surface area contributed by atoms with Crippen LogP contribution in [-0.2, 0) is 0 Å². The third kappa shape index (κ3) is 2.81. The number of imidazole rings is 1. The van der Waals surface area contributed by atoms with Crippen LogP contribution in [0.25, 0.3) is 5.69 Å². The number of nitrogens with zero attached hydrogens (tertiary/aromatic N) is 4. The predicted molar refractivity (Wildman–Crippen MR) is 67.3 cm³/mol. The standard InChI is InChI=1S/C12H17N5/c1-3-4-5-15-12-16-10(2)8-17(12)11-6-13-9-14-7-11/h6-9H,3-5H2,1-2H3,(H,15,16). The van der Waals surface area contributed by atoms with Crippen molar-refractivity contribution in [3.63, 3.8) is 0 Å². The van der Waals surface area contributed by atoms with Crippen LogP contribution in [0.5, 0.6) is 0 Å². The highest BCUT2D eigenvalue weighted by atomic mass is 15.2. The van der Waals surface area contributed by atoms with Crippen LogP contribution < -0.4 is 5.32 Å². The first kappa shape index (κ1) is 11.6. The summed E-state index contributed by atoms with van der Waals surface area (Å²) in [6, 6.07) is 0. The lowest BCUT2D eigenvalue weighted by Crippen LogP contribution is -2.07. The molecule has 0 aliphatic carbocycles. The van der Waals surface area contributed by atoms with E-state index in [1.807, 2.05) is 17.7 Å². The van der Waals surface area contributed by atoms with Crippen LogP contribution in [0.2, 0.25) is 0 Å². The minimum Gasteiger partial charge on any atom is -0.355 e. The van der Waals surface area contributed by atoms with Crippen LogP contribution in [0.15, 0.2) is 24.9 Å². The molecule has 2 heterocycles. The maximum atomic E-state index is 4.46. The lowest BCUT2D eigenvalue weighted by atomic mass is 10.3. The number of hydrogen-bond donors (Lipinski definition) is 1. The van der Waals surface area contributed by atoms with E-state index in [4.69, 9.17) is 0 Å². The number of aromatic nitrogens is 4. The van der Waals surface area contributed by atoms with E-state index in [2.05, 4.69) is 27.2 Å². The lowest BCUT2D eigenvalue weighted by molar-refractivity contribution is 0.822. The molecule has 0 aliphatic heterocycles. The number of nitrogens with one attached hydrogen (secondary N) is 1. The van der Waals surface area contributed by atoms with Crippen LogP contribution in [0.1, 0.15) is 25.5 Å². The van der Waals surface area contributed by atoms with E-state index in [0.717, 1.165) is 30.3 Å². The van der Waals surface area contributed by atoms with E-state index in [1.165, 1.54) is 12.7 Å². The van der Waals surface area contributed by atoms with Crippen molar-refractivity contribution in [1.29, 1.82) is 0 Å². The topological polar surface area (TPSA) is 55.6 Å². The number of anilines is 1. The molecule has 2 aromatic rings. The molecule has 17 heavy (non-hydrogen) atoms. The van der Waals surface area contributed by atoms with Gasteiger partial charge in [0.25, 0.3) is 0 Å². The molecule has 2 aromatic heterocycles. The second kappa shape index (κ2) is 5.43. The molecule has 0 amide bonds. The smallest absolute Gasteiger partial charge is 0.207 e. The molecule has 0 atom stereocenters. The van der Waals surface area contributed by atoms with Gasteiger partial charge in [-0.15, -0.1) is 0 Å². The molecule has 0 radical (unpaired) electrons. The molecule has 0 unspecified atom stereocenters. The quantitative estimate of drug-likeness (QED) is 0.801. The Bertz CT molecular complexity index is 463. The Morgan fingerprint density at radius 1 is 1.29 bits per heavy atom. The largest absolute Gasteiger partial charge is 0.355 e. The molecule has 0 bridgehead atoms. The van der Waals surface area contributed by atoms with Gasteiger partial charge in [-0.2, -0.15) is 0 Å². The van der Waals surface area contributed by atoms with E-state index in [-0.39, 0.29) is 0 Å². The first-order chi connectivity index (χ1) is 8.31. The molecular formula is C12H17N5. The number of rotatable bonds is 5. The van der Waals surface area contributed by atoms with Gasteiger partial charge in [-0.05, 0) is 13.3 Å². The van der Waals surface area contributed by atoms with Crippen molar-refractivity contribution in [2.24, 2.45) is 0 Å². The zero-order valence-corrected chi connectivity index (χ0v) is 10.2. The zero-order chi connectivity index (χ0) is 12.1. The minimum atomic E-state index is 0.853. The lowest BCUT2D eigenvalue weighted by Gasteiger charge is -2.08. The monoisotopic (exact) mass is 231 g/mol. The van der Waals surface area contributed by atoms with Crippen molar-refractivity contribution in [1.82, 2.24) is 19.5 Å². The summed E-state index contributed by atoms with van der Waals surface area (Å²) in [6.45, 7) is 5.08. The molecule has 0 aliphatic rings. The molecule has 0 saturated heterocycles. The Labute approximate surface area is 101 Å². The van der Waals surface area contributed by atoms with Crippen molar-refractivity contribution in [2.45, 2.75) is 26.7 Å². The van der Waals surface area contributed by atoms with E-state index in [1.54, 1.807) is 12.4 Å². The Kier molecular flexibility index (Phi) is 3.69. The Morgan fingerprint density at radius 3 is 2.76 bits per heavy atom. The first-order valence-electron chi connectivity index (χ1n) is 5.86. The molecule has 1 N–H and O–H groups in total. The number of hydrogen-bond acceptors (Lipinski definition) is 4. The first-order valence-corrected chi connectivity index (χ1v) is 5.86. The van der Waals surface area contributed by atoms with Gasteiger partial charge >= 0.3 is 0 Å². The summed E-state index contributed by atoms with van der Waals surface area (Å²) in [5.41, 5.74) is 1.90. The third-order valence-electron chi connectivity index (χ3n) is 2.46. The van der Waals surface area contributed by atoms with E-state index >= 15 is 0 Å². The maximum Gasteiger partial charge on any atom is 0.207 e. The molecule has 0 spiro atoms. The average molecular weight is 231 g/mol. The second-order valence-corrected chi connectivity index (χ2v) is 3.95. The predicted octanol–water partition coefficient (Wildman–Crippen LogP) is 2.18. The maximum absolute atomic E-state index is 4.46. The third-order valence-corrected chi connectivity index (χ3v) is 2.46. The molecule has 0 fully saturated rings. The summed E-state index contributed by atoms with van der Waals surface area (Å²) in [6.07, 6.45) is 9.36. The second-order valence-electron chi connectivity index (χ2n) is 3.95. The van der Waals surface area contributed by atoms with Crippen LogP contribution >= 0.6 is 0 Å². The molecule has 0 saturated carbocycles. The molecular weight excluding hydrogens is 214 g/mol. The highest BCUT2D eigenvalue weighted by Gasteiger charge is 2.06. The molecule has 5 heteroatoms. The number of unbranched alkanes of at least 4 members (excludes halogenated alkanes) is 1. The number of aryl methyl sites for hydroxylation is 1. The van der Waals surface area contributed by atoms with Gasteiger partial charge < -0.3 is 5.32 Å². The van der Waals surface area contributed by atoms with E-state index in [9.17, 15) is 0 Å². The van der Waals surface area contributed by atoms with Crippen LogP contribution in [0, 0.1) is 6.92 Å². The van der Waals surface area contributed by atoms with Gasteiger partial charge in [-0.3, -0.25) is 4.57 Å². The summed E-state index contributed by atoms with van der Waals surface area (Å²) in [7, 11) is 0. The average Bonchev–Trinajstić information content (AvgIpc) is 2.72.